The summed E-state index contributed by atoms with van der Waals surface area (Å²) in [6.07, 6.45) is 2.87. The van der Waals surface area contributed by atoms with E-state index in [1.807, 2.05) is 6.07 Å². The normalized spacial score (nSPS) is 21.9. The lowest BCUT2D eigenvalue weighted by Gasteiger charge is -2.20. The van der Waals surface area contributed by atoms with Crippen molar-refractivity contribution in [3.8, 4) is 11.1 Å². The van der Waals surface area contributed by atoms with Gasteiger partial charge in [-0.3, -0.25) is 10.0 Å². The lowest BCUT2D eigenvalue weighted by Crippen LogP contribution is -2.32. The van der Waals surface area contributed by atoms with Crippen molar-refractivity contribution in [2.75, 3.05) is 18.0 Å². The average Bonchev–Trinajstić information content (AvgIpc) is 3.26. The minimum atomic E-state index is -0.605. The average molecular weight is 401 g/mol. The van der Waals surface area contributed by atoms with Gasteiger partial charge in [0.25, 0.3) is 5.91 Å². The summed E-state index contributed by atoms with van der Waals surface area (Å²) >= 11 is 0. The van der Waals surface area contributed by atoms with Crippen LogP contribution in [0.15, 0.2) is 67.0 Å². The van der Waals surface area contributed by atoms with Crippen molar-refractivity contribution in [3.63, 3.8) is 0 Å². The Morgan fingerprint density at radius 2 is 1.60 bits per heavy atom. The van der Waals surface area contributed by atoms with Gasteiger partial charge >= 0.3 is 0 Å². The fourth-order valence-electron chi connectivity index (χ4n) is 4.34. The van der Waals surface area contributed by atoms with Crippen LogP contribution in [-0.2, 0) is 6.54 Å². The number of nitrogens with zero attached hydrogens (tertiary/aromatic N) is 3. The van der Waals surface area contributed by atoms with E-state index in [-0.39, 0.29) is 5.56 Å². The second-order valence-corrected chi connectivity index (χ2v) is 7.91. The van der Waals surface area contributed by atoms with Gasteiger partial charge in [-0.25, -0.2) is 15.4 Å². The van der Waals surface area contributed by atoms with E-state index in [9.17, 15) is 4.79 Å². The van der Waals surface area contributed by atoms with Crippen molar-refractivity contribution in [3.05, 3.63) is 78.1 Å². The largest absolute Gasteiger partial charge is 0.340 e. The molecular formula is C23H23N5O2. The Hall–Kier alpha value is -3.29. The highest BCUT2D eigenvalue weighted by atomic mass is 16.5. The number of amides is 1. The van der Waals surface area contributed by atoms with Gasteiger partial charge in [0.05, 0.1) is 5.56 Å². The van der Waals surface area contributed by atoms with Crippen molar-refractivity contribution in [2.45, 2.75) is 12.6 Å². The summed E-state index contributed by atoms with van der Waals surface area (Å²) in [6, 6.07) is 19.7. The number of nitrogens with one attached hydrogen (secondary N) is 2. The van der Waals surface area contributed by atoms with Crippen LogP contribution in [0, 0.1) is 11.8 Å². The van der Waals surface area contributed by atoms with E-state index in [0.29, 0.717) is 23.8 Å². The Morgan fingerprint density at radius 3 is 2.23 bits per heavy atom. The molecule has 5 rings (SSSR count). The number of hydrogen-bond donors (Lipinski definition) is 3. The molecule has 0 radical (unpaired) electrons. The van der Waals surface area contributed by atoms with Gasteiger partial charge in [-0.15, -0.1) is 0 Å². The SMILES string of the molecule is O=C(NO)c1cnc(N2C[C@@H]3C(NCc4ccc(-c5ccccc5)cc4)[C@@H]3C2)nc1. The van der Waals surface area contributed by atoms with E-state index < -0.39 is 5.91 Å². The summed E-state index contributed by atoms with van der Waals surface area (Å²) in [7, 11) is 0. The minimum absolute atomic E-state index is 0.239. The molecule has 2 aromatic carbocycles. The first-order chi connectivity index (χ1) is 14.7. The minimum Gasteiger partial charge on any atom is -0.340 e. The van der Waals surface area contributed by atoms with E-state index >= 15 is 0 Å². The molecule has 0 bridgehead atoms. The molecule has 1 aliphatic carbocycles. The van der Waals surface area contributed by atoms with E-state index in [4.69, 9.17) is 5.21 Å². The molecule has 2 heterocycles. The van der Waals surface area contributed by atoms with Crippen molar-refractivity contribution >= 4 is 11.9 Å². The van der Waals surface area contributed by atoms with E-state index in [0.717, 1.165) is 19.6 Å². The van der Waals surface area contributed by atoms with Crippen LogP contribution in [-0.4, -0.2) is 40.2 Å². The molecule has 0 spiro atoms. The third kappa shape index (κ3) is 3.65. The molecule has 1 aliphatic heterocycles. The summed E-state index contributed by atoms with van der Waals surface area (Å²) in [5.74, 6) is 1.24. The van der Waals surface area contributed by atoms with Gasteiger partial charge in [-0.05, 0) is 28.5 Å². The van der Waals surface area contributed by atoms with Crippen molar-refractivity contribution < 1.29 is 10.0 Å². The predicted molar refractivity (Wildman–Crippen MR) is 113 cm³/mol. The fraction of sp³-hybridized carbons (Fsp3) is 0.261. The number of hydroxylamine groups is 1. The first-order valence-corrected chi connectivity index (χ1v) is 10.1. The van der Waals surface area contributed by atoms with Crippen LogP contribution in [0.4, 0.5) is 5.95 Å². The zero-order valence-electron chi connectivity index (χ0n) is 16.4. The zero-order chi connectivity index (χ0) is 20.5. The molecule has 152 valence electrons. The quantitative estimate of drug-likeness (QED) is 0.434. The zero-order valence-corrected chi connectivity index (χ0v) is 16.4. The van der Waals surface area contributed by atoms with Crippen molar-refractivity contribution in [1.29, 1.82) is 0 Å². The highest BCUT2D eigenvalue weighted by Crippen LogP contribution is 2.46. The first kappa shape index (κ1) is 18.7. The maximum Gasteiger partial charge on any atom is 0.277 e. The van der Waals surface area contributed by atoms with Gasteiger partial charge in [0, 0.05) is 38.1 Å². The summed E-state index contributed by atoms with van der Waals surface area (Å²) in [4.78, 5) is 22.0. The summed E-state index contributed by atoms with van der Waals surface area (Å²) in [5.41, 5.74) is 5.59. The number of fused-ring (bicyclic) bond motifs is 1. The molecule has 3 N–H and O–H groups in total. The van der Waals surface area contributed by atoms with Gasteiger partial charge in [0.2, 0.25) is 5.95 Å². The van der Waals surface area contributed by atoms with E-state index in [1.54, 1.807) is 5.48 Å². The lowest BCUT2D eigenvalue weighted by molar-refractivity contribution is 0.0705. The molecular weight excluding hydrogens is 378 g/mol. The van der Waals surface area contributed by atoms with E-state index in [2.05, 4.69) is 68.7 Å². The third-order valence-electron chi connectivity index (χ3n) is 6.08. The summed E-state index contributed by atoms with van der Waals surface area (Å²) < 4.78 is 0. The van der Waals surface area contributed by atoms with Gasteiger partial charge in [-0.2, -0.15) is 0 Å². The highest BCUT2D eigenvalue weighted by Gasteiger charge is 2.55. The maximum atomic E-state index is 11.4. The predicted octanol–water partition coefficient (Wildman–Crippen LogP) is 2.49. The van der Waals surface area contributed by atoms with Gasteiger partial charge in [0.1, 0.15) is 0 Å². The molecule has 7 heteroatoms. The van der Waals surface area contributed by atoms with Crippen LogP contribution in [0.3, 0.4) is 0 Å². The number of benzene rings is 2. The smallest absolute Gasteiger partial charge is 0.277 e. The summed E-state index contributed by atoms with van der Waals surface area (Å²) in [5, 5.41) is 12.4. The Bertz CT molecular complexity index is 1010. The molecule has 1 aromatic heterocycles. The number of rotatable bonds is 6. The van der Waals surface area contributed by atoms with Crippen LogP contribution in [0.5, 0.6) is 0 Å². The number of piperidine rings is 1. The number of carbonyl (C=O) groups is 1. The monoisotopic (exact) mass is 401 g/mol. The molecule has 7 nitrogen and oxygen atoms in total. The molecule has 2 aliphatic rings. The molecule has 30 heavy (non-hydrogen) atoms. The van der Waals surface area contributed by atoms with Gasteiger partial charge < -0.3 is 10.2 Å². The second-order valence-electron chi connectivity index (χ2n) is 7.91. The number of aromatic nitrogens is 2. The standard InChI is InChI=1S/C23H23N5O2/c29-22(27-30)18-11-25-23(26-12-18)28-13-19-20(14-28)21(19)24-10-15-6-8-17(9-7-15)16-4-2-1-3-5-16/h1-9,11-12,19-21,24,30H,10,13-14H2,(H,27,29)/t19-,20+,21?. The van der Waals surface area contributed by atoms with Crippen LogP contribution in [0.2, 0.25) is 0 Å². The van der Waals surface area contributed by atoms with Gasteiger partial charge in [0.15, 0.2) is 0 Å². The number of hydrogen-bond acceptors (Lipinski definition) is 6. The van der Waals surface area contributed by atoms with Crippen LogP contribution < -0.4 is 15.7 Å². The third-order valence-corrected chi connectivity index (χ3v) is 6.08. The maximum absolute atomic E-state index is 11.4. The Morgan fingerprint density at radius 1 is 0.967 bits per heavy atom. The Balaban J connectivity index is 1.12. The van der Waals surface area contributed by atoms with Crippen molar-refractivity contribution in [2.24, 2.45) is 11.8 Å². The van der Waals surface area contributed by atoms with Crippen LogP contribution in [0.1, 0.15) is 15.9 Å². The molecule has 1 amide bonds. The van der Waals surface area contributed by atoms with Crippen LogP contribution in [0.25, 0.3) is 11.1 Å². The number of anilines is 1. The fourth-order valence-corrected chi connectivity index (χ4v) is 4.34. The molecule has 1 saturated carbocycles. The lowest BCUT2D eigenvalue weighted by atomic mass is 10.0. The molecule has 3 aromatic rings. The molecule has 1 unspecified atom stereocenters. The first-order valence-electron chi connectivity index (χ1n) is 10.1. The summed E-state index contributed by atoms with van der Waals surface area (Å²) in [6.45, 7) is 2.70. The molecule has 2 fully saturated rings. The molecule has 3 atom stereocenters. The Kier molecular flexibility index (Phi) is 4.90. The second kappa shape index (κ2) is 7.85. The Labute approximate surface area is 174 Å². The number of carbonyl (C=O) groups excluding carboxylic acids is 1. The van der Waals surface area contributed by atoms with Gasteiger partial charge in [-0.1, -0.05) is 54.6 Å². The van der Waals surface area contributed by atoms with Crippen LogP contribution >= 0.6 is 0 Å². The van der Waals surface area contributed by atoms with E-state index in [1.165, 1.54) is 29.1 Å². The topological polar surface area (TPSA) is 90.4 Å². The van der Waals surface area contributed by atoms with Crippen molar-refractivity contribution in [1.82, 2.24) is 20.8 Å². The highest BCUT2D eigenvalue weighted by molar-refractivity contribution is 5.92. The molecule has 1 saturated heterocycles.